The molecule has 1 aliphatic rings. The van der Waals surface area contributed by atoms with Gasteiger partial charge in [0.1, 0.15) is 24.0 Å². The lowest BCUT2D eigenvalue weighted by atomic mass is 9.90. The largest absolute Gasteiger partial charge is 0.445 e. The van der Waals surface area contributed by atoms with Crippen molar-refractivity contribution < 1.29 is 23.5 Å². The first-order valence-electron chi connectivity index (χ1n) is 12.8. The van der Waals surface area contributed by atoms with E-state index in [2.05, 4.69) is 5.32 Å². The maximum Gasteiger partial charge on any atom is 0.408 e. The van der Waals surface area contributed by atoms with Gasteiger partial charge in [-0.2, -0.15) is 0 Å². The summed E-state index contributed by atoms with van der Waals surface area (Å²) in [6.07, 6.45) is 2.71. The summed E-state index contributed by atoms with van der Waals surface area (Å²) >= 11 is 0. The van der Waals surface area contributed by atoms with E-state index >= 15 is 0 Å². The van der Waals surface area contributed by atoms with E-state index in [1.54, 1.807) is 12.1 Å². The number of nitrogens with one attached hydrogen (secondary N) is 1. The Hall–Kier alpha value is -4.39. The zero-order chi connectivity index (χ0) is 26.5. The minimum atomic E-state index is -0.997. The van der Waals surface area contributed by atoms with Gasteiger partial charge in [-0.1, -0.05) is 60.7 Å². The summed E-state index contributed by atoms with van der Waals surface area (Å²) < 4.78 is 16.9. The topological polar surface area (TPSA) is 94.8 Å². The molecule has 0 saturated carbocycles. The highest BCUT2D eigenvalue weighted by atomic mass is 16.6. The van der Waals surface area contributed by atoms with Crippen LogP contribution in [-0.4, -0.2) is 18.1 Å². The monoisotopic (exact) mass is 511 g/mol. The van der Waals surface area contributed by atoms with E-state index in [0.29, 0.717) is 35.1 Å². The molecular formula is C31H29NO6. The Balaban J connectivity index is 1.42. The summed E-state index contributed by atoms with van der Waals surface area (Å²) in [6, 6.07) is 21.2. The number of alkyl carbamates (subject to hydrolysis) is 1. The maximum absolute atomic E-state index is 13.5. The Morgan fingerprint density at radius 1 is 0.921 bits per heavy atom. The fourth-order valence-electron chi connectivity index (χ4n) is 4.88. The zero-order valence-electron chi connectivity index (χ0n) is 21.2. The highest BCUT2D eigenvalue weighted by Gasteiger charge is 2.27. The number of carbonyl (C=O) groups is 2. The molecule has 38 heavy (non-hydrogen) atoms. The molecule has 0 radical (unpaired) electrons. The average molecular weight is 512 g/mol. The fraction of sp³-hybridized carbons (Fsp3) is 0.258. The van der Waals surface area contributed by atoms with Gasteiger partial charge in [-0.3, -0.25) is 0 Å². The molecule has 0 unspecified atom stereocenters. The van der Waals surface area contributed by atoms with E-state index in [4.69, 9.17) is 13.9 Å². The SMILES string of the molecule is Cc1cc(OC(=O)[C@@H](Cc2ccccc2)NC(=O)OCc2ccccc2)c2c3c(c(=O)oc2c1)CCCC3. The third kappa shape index (κ3) is 5.78. The van der Waals surface area contributed by atoms with E-state index in [9.17, 15) is 14.4 Å². The number of ether oxygens (including phenoxy) is 2. The first-order valence-corrected chi connectivity index (χ1v) is 12.8. The van der Waals surface area contributed by atoms with Crippen molar-refractivity contribution in [3.05, 3.63) is 111 Å². The van der Waals surface area contributed by atoms with Gasteiger partial charge >= 0.3 is 17.7 Å². The molecule has 4 aromatic rings. The van der Waals surface area contributed by atoms with E-state index in [1.165, 1.54) is 0 Å². The molecule has 1 heterocycles. The minimum absolute atomic E-state index is 0.0769. The smallest absolute Gasteiger partial charge is 0.408 e. The van der Waals surface area contributed by atoms with Gasteiger partial charge in [-0.15, -0.1) is 0 Å². The Morgan fingerprint density at radius 2 is 1.58 bits per heavy atom. The van der Waals surface area contributed by atoms with Crippen LogP contribution in [0, 0.1) is 6.92 Å². The van der Waals surface area contributed by atoms with Crippen LogP contribution in [0.2, 0.25) is 0 Å². The first-order chi connectivity index (χ1) is 18.5. The summed E-state index contributed by atoms with van der Waals surface area (Å²) in [5.74, 6) is -0.308. The molecule has 194 valence electrons. The predicted octanol–water partition coefficient (Wildman–Crippen LogP) is 5.42. The summed E-state index contributed by atoms with van der Waals surface area (Å²) in [5.41, 5.74) is 4.06. The molecule has 0 spiro atoms. The minimum Gasteiger partial charge on any atom is -0.445 e. The number of hydrogen-bond donors (Lipinski definition) is 1. The van der Waals surface area contributed by atoms with Crippen LogP contribution in [0.15, 0.2) is 82.0 Å². The van der Waals surface area contributed by atoms with Gasteiger partial charge in [0.05, 0.1) is 5.39 Å². The number of fused-ring (bicyclic) bond motifs is 3. The molecule has 3 aromatic carbocycles. The Bertz CT molecular complexity index is 1510. The van der Waals surface area contributed by atoms with Crippen molar-refractivity contribution in [2.45, 2.75) is 51.7 Å². The average Bonchev–Trinajstić information content (AvgIpc) is 2.92. The van der Waals surface area contributed by atoms with Crippen molar-refractivity contribution in [2.24, 2.45) is 0 Å². The number of benzene rings is 3. The van der Waals surface area contributed by atoms with Crippen LogP contribution in [0.1, 0.15) is 40.7 Å². The lowest BCUT2D eigenvalue weighted by Gasteiger charge is -2.21. The van der Waals surface area contributed by atoms with E-state index < -0.39 is 18.1 Å². The van der Waals surface area contributed by atoms with Gasteiger partial charge in [0.25, 0.3) is 0 Å². The second-order valence-corrected chi connectivity index (χ2v) is 9.56. The molecule has 7 nitrogen and oxygen atoms in total. The van der Waals surface area contributed by atoms with Crippen molar-refractivity contribution in [3.8, 4) is 5.75 Å². The van der Waals surface area contributed by atoms with Crippen LogP contribution < -0.4 is 15.7 Å². The lowest BCUT2D eigenvalue weighted by molar-refractivity contribution is -0.136. The van der Waals surface area contributed by atoms with Gasteiger partial charge in [0.15, 0.2) is 0 Å². The highest BCUT2D eigenvalue weighted by molar-refractivity contribution is 5.92. The number of esters is 1. The fourth-order valence-corrected chi connectivity index (χ4v) is 4.88. The Kier molecular flexibility index (Phi) is 7.54. The molecule has 1 N–H and O–H groups in total. The molecule has 5 rings (SSSR count). The van der Waals surface area contributed by atoms with E-state index in [-0.39, 0.29) is 18.7 Å². The quantitative estimate of drug-likeness (QED) is 0.202. The van der Waals surface area contributed by atoms with Crippen LogP contribution in [0.3, 0.4) is 0 Å². The predicted molar refractivity (Wildman–Crippen MR) is 143 cm³/mol. The molecule has 0 aliphatic heterocycles. The Morgan fingerprint density at radius 3 is 2.29 bits per heavy atom. The highest BCUT2D eigenvalue weighted by Crippen LogP contribution is 2.34. The van der Waals surface area contributed by atoms with E-state index in [1.807, 2.05) is 67.6 Å². The van der Waals surface area contributed by atoms with Gasteiger partial charge in [0.2, 0.25) is 0 Å². The molecule has 1 amide bonds. The maximum atomic E-state index is 13.5. The summed E-state index contributed by atoms with van der Waals surface area (Å²) in [4.78, 5) is 38.8. The van der Waals surface area contributed by atoms with Crippen molar-refractivity contribution in [3.63, 3.8) is 0 Å². The van der Waals surface area contributed by atoms with Crippen molar-refractivity contribution in [1.82, 2.24) is 5.32 Å². The molecule has 0 saturated heterocycles. The molecule has 0 bridgehead atoms. The summed E-state index contributed by atoms with van der Waals surface area (Å²) in [7, 11) is 0. The van der Waals surface area contributed by atoms with Crippen molar-refractivity contribution in [1.29, 1.82) is 0 Å². The third-order valence-corrected chi connectivity index (χ3v) is 6.71. The standard InChI is InChI=1S/C31H29NO6/c1-20-16-26-28(23-14-8-9-15-24(23)29(33)37-26)27(17-20)38-30(34)25(18-21-10-4-2-5-11-21)32-31(35)36-19-22-12-6-3-7-13-22/h2-7,10-13,16-17,25H,8-9,14-15,18-19H2,1H3,(H,32,35)/t25-/m1/s1. The normalized spacial score (nSPS) is 13.4. The Labute approximate surface area is 220 Å². The van der Waals surface area contributed by atoms with Crippen LogP contribution in [0.4, 0.5) is 4.79 Å². The van der Waals surface area contributed by atoms with Crippen molar-refractivity contribution >= 4 is 23.0 Å². The molecule has 1 aromatic heterocycles. The third-order valence-electron chi connectivity index (χ3n) is 6.71. The number of hydrogen-bond acceptors (Lipinski definition) is 6. The molecule has 1 atom stereocenters. The lowest BCUT2D eigenvalue weighted by Crippen LogP contribution is -2.44. The number of aryl methyl sites for hydroxylation is 2. The van der Waals surface area contributed by atoms with Gasteiger partial charge in [-0.05, 0) is 67.0 Å². The van der Waals surface area contributed by atoms with Crippen LogP contribution >= 0.6 is 0 Å². The van der Waals surface area contributed by atoms with E-state index in [0.717, 1.165) is 35.1 Å². The second-order valence-electron chi connectivity index (χ2n) is 9.56. The zero-order valence-corrected chi connectivity index (χ0v) is 21.2. The number of rotatable bonds is 7. The van der Waals surface area contributed by atoms with Crippen molar-refractivity contribution in [2.75, 3.05) is 0 Å². The van der Waals surface area contributed by atoms with Gasteiger partial charge in [-0.25, -0.2) is 14.4 Å². The number of carbonyl (C=O) groups excluding carboxylic acids is 2. The molecule has 7 heteroatoms. The van der Waals surface area contributed by atoms with Gasteiger partial charge < -0.3 is 19.2 Å². The molecule has 0 fully saturated rings. The summed E-state index contributed by atoms with van der Waals surface area (Å²) in [6.45, 7) is 1.92. The second kappa shape index (κ2) is 11.3. The summed E-state index contributed by atoms with van der Waals surface area (Å²) in [5, 5.41) is 3.32. The first kappa shape index (κ1) is 25.3. The molecule has 1 aliphatic carbocycles. The van der Waals surface area contributed by atoms with Gasteiger partial charge in [0, 0.05) is 12.0 Å². The van der Waals surface area contributed by atoms with Crippen LogP contribution in [0.25, 0.3) is 11.0 Å². The van der Waals surface area contributed by atoms with Crippen LogP contribution in [0.5, 0.6) is 5.75 Å². The number of amides is 1. The molecular weight excluding hydrogens is 482 g/mol. The van der Waals surface area contributed by atoms with Crippen LogP contribution in [-0.2, 0) is 35.4 Å².